The maximum Gasteiger partial charge on any atom is 0.317 e. The Balaban J connectivity index is 1.77. The first-order valence-electron chi connectivity index (χ1n) is 8.27. The monoisotopic (exact) mass is 296 g/mol. The molecule has 120 valence electrons. The third-order valence-electron chi connectivity index (χ3n) is 5.23. The Kier molecular flexibility index (Phi) is 5.25. The van der Waals surface area contributed by atoms with Gasteiger partial charge in [0.15, 0.2) is 0 Å². The van der Waals surface area contributed by atoms with Gasteiger partial charge in [-0.15, -0.1) is 0 Å². The highest BCUT2D eigenvalue weighted by molar-refractivity contribution is 5.83. The Morgan fingerprint density at radius 2 is 1.95 bits per heavy atom. The van der Waals surface area contributed by atoms with Crippen molar-refractivity contribution in [1.29, 1.82) is 0 Å². The van der Waals surface area contributed by atoms with Crippen molar-refractivity contribution < 1.29 is 14.7 Å². The standard InChI is InChI=1S/C16H28N2O3/c1-3-6-16(7-5-8-16)15(21)17-12-9-13(10-12)18(4-2)11-14(19)20/h12-13H,3-11H2,1-2H3,(H,17,21)(H,19,20). The number of carbonyl (C=O) groups excluding carboxylic acids is 1. The Morgan fingerprint density at radius 1 is 1.29 bits per heavy atom. The number of amides is 1. The quantitative estimate of drug-likeness (QED) is 0.719. The lowest BCUT2D eigenvalue weighted by atomic mass is 9.65. The molecule has 0 unspecified atom stereocenters. The van der Waals surface area contributed by atoms with Crippen LogP contribution in [-0.4, -0.2) is 47.1 Å². The molecular weight excluding hydrogens is 268 g/mol. The Labute approximate surface area is 127 Å². The largest absolute Gasteiger partial charge is 0.480 e. The molecule has 2 fully saturated rings. The van der Waals surface area contributed by atoms with Crippen molar-refractivity contribution in [2.24, 2.45) is 5.41 Å². The molecule has 0 atom stereocenters. The first-order valence-corrected chi connectivity index (χ1v) is 8.27. The molecule has 0 spiro atoms. The number of aliphatic carboxylic acids is 1. The second-order valence-electron chi connectivity index (χ2n) is 6.64. The number of nitrogens with one attached hydrogen (secondary N) is 1. The van der Waals surface area contributed by atoms with Crippen molar-refractivity contribution in [1.82, 2.24) is 10.2 Å². The second-order valence-corrected chi connectivity index (χ2v) is 6.64. The molecule has 1 amide bonds. The van der Waals surface area contributed by atoms with Crippen molar-refractivity contribution in [2.45, 2.75) is 70.9 Å². The normalized spacial score (nSPS) is 26.8. The van der Waals surface area contributed by atoms with Crippen LogP contribution < -0.4 is 5.32 Å². The topological polar surface area (TPSA) is 69.6 Å². The van der Waals surface area contributed by atoms with E-state index >= 15 is 0 Å². The molecule has 2 aliphatic carbocycles. The van der Waals surface area contributed by atoms with E-state index in [1.165, 1.54) is 6.42 Å². The lowest BCUT2D eigenvalue weighted by molar-refractivity contribution is -0.141. The van der Waals surface area contributed by atoms with Crippen molar-refractivity contribution >= 4 is 11.9 Å². The molecule has 0 saturated heterocycles. The van der Waals surface area contributed by atoms with Crippen LogP contribution in [0.3, 0.4) is 0 Å². The molecule has 21 heavy (non-hydrogen) atoms. The average molecular weight is 296 g/mol. The third kappa shape index (κ3) is 3.57. The van der Waals surface area contributed by atoms with E-state index < -0.39 is 5.97 Å². The van der Waals surface area contributed by atoms with Crippen molar-refractivity contribution in [3.05, 3.63) is 0 Å². The molecule has 5 nitrogen and oxygen atoms in total. The summed E-state index contributed by atoms with van der Waals surface area (Å²) in [7, 11) is 0. The summed E-state index contributed by atoms with van der Waals surface area (Å²) in [5.41, 5.74) is -0.0919. The number of carboxylic acid groups (broad SMARTS) is 1. The van der Waals surface area contributed by atoms with Crippen LogP contribution in [0.1, 0.15) is 58.8 Å². The van der Waals surface area contributed by atoms with Crippen LogP contribution in [0.25, 0.3) is 0 Å². The highest BCUT2D eigenvalue weighted by Crippen LogP contribution is 2.45. The SMILES string of the molecule is CCCC1(C(=O)NC2CC(N(CC)CC(=O)O)C2)CCC1. The number of likely N-dealkylation sites (N-methyl/N-ethyl adjacent to an activating group) is 1. The fourth-order valence-corrected chi connectivity index (χ4v) is 3.69. The molecule has 5 heteroatoms. The number of carbonyl (C=O) groups is 2. The van der Waals surface area contributed by atoms with Crippen LogP contribution in [0.4, 0.5) is 0 Å². The number of hydrogen-bond donors (Lipinski definition) is 2. The Bertz CT molecular complexity index is 387. The van der Waals surface area contributed by atoms with Gasteiger partial charge in [0.2, 0.25) is 5.91 Å². The summed E-state index contributed by atoms with van der Waals surface area (Å²) in [4.78, 5) is 25.2. The molecular formula is C16H28N2O3. The lowest BCUT2D eigenvalue weighted by Crippen LogP contribution is -2.58. The maximum atomic E-state index is 12.4. The minimum absolute atomic E-state index is 0.0919. The number of hydrogen-bond acceptors (Lipinski definition) is 3. The number of carboxylic acids is 1. The number of rotatable bonds is 8. The molecule has 0 aromatic heterocycles. The van der Waals surface area contributed by atoms with Crippen LogP contribution in [0, 0.1) is 5.41 Å². The third-order valence-corrected chi connectivity index (χ3v) is 5.23. The van der Waals surface area contributed by atoms with E-state index in [0.717, 1.165) is 45.1 Å². The summed E-state index contributed by atoms with van der Waals surface area (Å²) in [6.07, 6.45) is 7.05. The van der Waals surface area contributed by atoms with Crippen LogP contribution in [0.2, 0.25) is 0 Å². The molecule has 0 bridgehead atoms. The molecule has 2 N–H and O–H groups in total. The Morgan fingerprint density at radius 3 is 2.38 bits per heavy atom. The molecule has 2 saturated carbocycles. The first kappa shape index (κ1) is 16.3. The minimum Gasteiger partial charge on any atom is -0.480 e. The zero-order valence-electron chi connectivity index (χ0n) is 13.2. The summed E-state index contributed by atoms with van der Waals surface area (Å²) in [6, 6.07) is 0.541. The first-order chi connectivity index (χ1) is 10.0. The van der Waals surface area contributed by atoms with Gasteiger partial charge in [-0.25, -0.2) is 0 Å². The fraction of sp³-hybridized carbons (Fsp3) is 0.875. The van der Waals surface area contributed by atoms with Gasteiger partial charge < -0.3 is 10.4 Å². The van der Waals surface area contributed by atoms with E-state index in [-0.39, 0.29) is 23.9 Å². The highest BCUT2D eigenvalue weighted by Gasteiger charge is 2.45. The van der Waals surface area contributed by atoms with Gasteiger partial charge in [0.1, 0.15) is 0 Å². The van der Waals surface area contributed by atoms with E-state index in [0.29, 0.717) is 6.04 Å². The van der Waals surface area contributed by atoms with Crippen LogP contribution >= 0.6 is 0 Å². The summed E-state index contributed by atoms with van der Waals surface area (Å²) in [5, 5.41) is 12.1. The molecule has 2 rings (SSSR count). The van der Waals surface area contributed by atoms with Crippen LogP contribution in [0.15, 0.2) is 0 Å². The van der Waals surface area contributed by atoms with Gasteiger partial charge in [-0.05, 0) is 38.6 Å². The highest BCUT2D eigenvalue weighted by atomic mass is 16.4. The molecule has 0 aromatic carbocycles. The van der Waals surface area contributed by atoms with Crippen LogP contribution in [0.5, 0.6) is 0 Å². The maximum absolute atomic E-state index is 12.4. The van der Waals surface area contributed by atoms with E-state index in [4.69, 9.17) is 5.11 Å². The van der Waals surface area contributed by atoms with Gasteiger partial charge >= 0.3 is 5.97 Å². The lowest BCUT2D eigenvalue weighted by Gasteiger charge is -2.46. The zero-order valence-corrected chi connectivity index (χ0v) is 13.2. The molecule has 2 aliphatic rings. The van der Waals surface area contributed by atoms with Crippen molar-refractivity contribution in [2.75, 3.05) is 13.1 Å². The predicted octanol–water partition coefficient (Wildman–Crippen LogP) is 2.01. The van der Waals surface area contributed by atoms with Gasteiger partial charge in [0.25, 0.3) is 0 Å². The molecule has 0 aromatic rings. The second kappa shape index (κ2) is 6.77. The molecule has 0 radical (unpaired) electrons. The van der Waals surface area contributed by atoms with E-state index in [1.807, 2.05) is 11.8 Å². The average Bonchev–Trinajstić information content (AvgIpc) is 2.34. The summed E-state index contributed by atoms with van der Waals surface area (Å²) in [5.74, 6) is -0.541. The minimum atomic E-state index is -0.777. The van der Waals surface area contributed by atoms with E-state index in [2.05, 4.69) is 12.2 Å². The van der Waals surface area contributed by atoms with Crippen molar-refractivity contribution in [3.8, 4) is 0 Å². The summed E-state index contributed by atoms with van der Waals surface area (Å²) < 4.78 is 0. The summed E-state index contributed by atoms with van der Waals surface area (Å²) in [6.45, 7) is 4.97. The fourth-order valence-electron chi connectivity index (χ4n) is 3.69. The predicted molar refractivity (Wildman–Crippen MR) is 81.0 cm³/mol. The van der Waals surface area contributed by atoms with E-state index in [1.54, 1.807) is 0 Å². The smallest absolute Gasteiger partial charge is 0.317 e. The summed E-state index contributed by atoms with van der Waals surface area (Å²) >= 11 is 0. The van der Waals surface area contributed by atoms with Gasteiger partial charge in [-0.3, -0.25) is 14.5 Å². The van der Waals surface area contributed by atoms with Crippen LogP contribution in [-0.2, 0) is 9.59 Å². The van der Waals surface area contributed by atoms with Crippen molar-refractivity contribution in [3.63, 3.8) is 0 Å². The van der Waals surface area contributed by atoms with Gasteiger partial charge in [0.05, 0.1) is 6.54 Å². The molecule has 0 aliphatic heterocycles. The molecule has 0 heterocycles. The zero-order chi connectivity index (χ0) is 15.5. The number of nitrogens with zero attached hydrogens (tertiary/aromatic N) is 1. The van der Waals surface area contributed by atoms with Gasteiger partial charge in [0, 0.05) is 17.5 Å². The van der Waals surface area contributed by atoms with Gasteiger partial charge in [-0.1, -0.05) is 26.7 Å². The van der Waals surface area contributed by atoms with Gasteiger partial charge in [-0.2, -0.15) is 0 Å². The van der Waals surface area contributed by atoms with E-state index in [9.17, 15) is 9.59 Å². The Hall–Kier alpha value is -1.10.